The van der Waals surface area contributed by atoms with Gasteiger partial charge in [-0.2, -0.15) is 0 Å². The maximum Gasteiger partial charge on any atom is 0.336 e. The number of anilines is 1. The zero-order valence-corrected chi connectivity index (χ0v) is 11.7. The number of nitrogens with one attached hydrogen (secondary N) is 1. The molecule has 0 radical (unpaired) electrons. The summed E-state index contributed by atoms with van der Waals surface area (Å²) >= 11 is 0. The van der Waals surface area contributed by atoms with Gasteiger partial charge in [-0.05, 0) is 23.8 Å². The van der Waals surface area contributed by atoms with E-state index in [0.29, 0.717) is 23.0 Å². The molecule has 1 aliphatic heterocycles. The average Bonchev–Trinajstić information content (AvgIpc) is 2.55. The van der Waals surface area contributed by atoms with Gasteiger partial charge in [-0.25, -0.2) is 4.79 Å². The summed E-state index contributed by atoms with van der Waals surface area (Å²) in [6.07, 6.45) is 0.384. The first kappa shape index (κ1) is 12.8. The molecule has 1 atom stereocenters. The van der Waals surface area contributed by atoms with E-state index in [1.54, 1.807) is 18.2 Å². The molecule has 1 N–H and O–H groups in total. The molecule has 0 fully saturated rings. The lowest BCUT2D eigenvalue weighted by molar-refractivity contribution is 0.0974. The molecule has 2 heterocycles. The van der Waals surface area contributed by atoms with Crippen molar-refractivity contribution in [2.75, 3.05) is 5.32 Å². The van der Waals surface area contributed by atoms with Crippen LogP contribution in [0.4, 0.5) is 5.69 Å². The van der Waals surface area contributed by atoms with E-state index < -0.39 is 5.63 Å². The topological polar surface area (TPSA) is 59.3 Å². The Kier molecular flexibility index (Phi) is 2.82. The number of hydrogen-bond acceptors (Lipinski definition) is 4. The van der Waals surface area contributed by atoms with Gasteiger partial charge in [0.05, 0.1) is 11.6 Å². The van der Waals surface area contributed by atoms with Crippen LogP contribution in [0.3, 0.4) is 0 Å². The summed E-state index contributed by atoms with van der Waals surface area (Å²) in [5.41, 5.74) is 2.51. The van der Waals surface area contributed by atoms with Crippen molar-refractivity contribution in [2.45, 2.75) is 12.5 Å². The van der Waals surface area contributed by atoms with Crippen molar-refractivity contribution in [3.05, 3.63) is 76.1 Å². The van der Waals surface area contributed by atoms with Gasteiger partial charge in [-0.1, -0.05) is 30.3 Å². The minimum atomic E-state index is -0.411. The molecule has 1 aromatic heterocycles. The molecule has 0 saturated carbocycles. The molecule has 0 aliphatic carbocycles. The number of ketones is 1. The number of benzene rings is 2. The van der Waals surface area contributed by atoms with Crippen LogP contribution in [-0.4, -0.2) is 5.78 Å². The summed E-state index contributed by atoms with van der Waals surface area (Å²) in [5, 5.41) is 4.09. The van der Waals surface area contributed by atoms with Gasteiger partial charge >= 0.3 is 5.63 Å². The van der Waals surface area contributed by atoms with Gasteiger partial charge in [0.25, 0.3) is 0 Å². The molecule has 0 bridgehead atoms. The molecule has 4 rings (SSSR count). The van der Waals surface area contributed by atoms with Gasteiger partial charge in [0, 0.05) is 23.6 Å². The normalized spacial score (nSPS) is 17.1. The largest absolute Gasteiger partial charge is 0.423 e. The predicted octanol–water partition coefficient (Wildman–Crippen LogP) is 3.53. The van der Waals surface area contributed by atoms with Crippen LogP contribution in [0.2, 0.25) is 0 Å². The Morgan fingerprint density at radius 1 is 0.955 bits per heavy atom. The Morgan fingerprint density at radius 2 is 1.77 bits per heavy atom. The molecular weight excluding hydrogens is 278 g/mol. The third-order valence-electron chi connectivity index (χ3n) is 4.00. The third-order valence-corrected chi connectivity index (χ3v) is 4.00. The number of fused-ring (bicyclic) bond motifs is 3. The van der Waals surface area contributed by atoms with Crippen molar-refractivity contribution in [3.8, 4) is 0 Å². The van der Waals surface area contributed by atoms with Gasteiger partial charge in [-0.15, -0.1) is 0 Å². The highest BCUT2D eigenvalue weighted by atomic mass is 16.4. The fraction of sp³-hybridized carbons (Fsp3) is 0.111. The van der Waals surface area contributed by atoms with Gasteiger partial charge in [-0.3, -0.25) is 4.79 Å². The van der Waals surface area contributed by atoms with Crippen LogP contribution in [0.5, 0.6) is 0 Å². The van der Waals surface area contributed by atoms with Crippen LogP contribution in [0.15, 0.2) is 63.8 Å². The van der Waals surface area contributed by atoms with Crippen LogP contribution in [-0.2, 0) is 0 Å². The highest BCUT2D eigenvalue weighted by molar-refractivity contribution is 6.13. The van der Waals surface area contributed by atoms with E-state index >= 15 is 0 Å². The van der Waals surface area contributed by atoms with Gasteiger partial charge < -0.3 is 9.73 Å². The Labute approximate surface area is 126 Å². The lowest BCUT2D eigenvalue weighted by Crippen LogP contribution is -2.23. The Hall–Kier alpha value is -2.88. The molecule has 22 heavy (non-hydrogen) atoms. The van der Waals surface area contributed by atoms with Gasteiger partial charge in [0.2, 0.25) is 0 Å². The molecule has 0 amide bonds. The van der Waals surface area contributed by atoms with E-state index in [-0.39, 0.29) is 11.8 Å². The van der Waals surface area contributed by atoms with Crippen molar-refractivity contribution >= 4 is 22.4 Å². The summed E-state index contributed by atoms with van der Waals surface area (Å²) in [7, 11) is 0. The number of rotatable bonds is 1. The summed E-state index contributed by atoms with van der Waals surface area (Å²) in [6.45, 7) is 0. The number of Topliss-reactive ketones (excluding diaryl/α,β-unsaturated/α-hetero) is 1. The fourth-order valence-corrected chi connectivity index (χ4v) is 2.98. The molecule has 1 unspecified atom stereocenters. The van der Waals surface area contributed by atoms with E-state index in [2.05, 4.69) is 5.32 Å². The fourth-order valence-electron chi connectivity index (χ4n) is 2.98. The monoisotopic (exact) mass is 291 g/mol. The number of hydrogen-bond donors (Lipinski definition) is 1. The van der Waals surface area contributed by atoms with Crippen molar-refractivity contribution in [2.24, 2.45) is 0 Å². The van der Waals surface area contributed by atoms with E-state index in [1.807, 2.05) is 30.3 Å². The minimum absolute atomic E-state index is 0.0330. The second-order valence-electron chi connectivity index (χ2n) is 5.39. The lowest BCUT2D eigenvalue weighted by Gasteiger charge is -2.27. The summed E-state index contributed by atoms with van der Waals surface area (Å²) in [6, 6.07) is 16.4. The Balaban J connectivity index is 1.84. The summed E-state index contributed by atoms with van der Waals surface area (Å²) in [4.78, 5) is 23.9. The zero-order chi connectivity index (χ0) is 15.1. The van der Waals surface area contributed by atoms with Crippen LogP contribution in [0.25, 0.3) is 11.0 Å². The SMILES string of the molecule is O=C1CC(c2ccccc2)Nc2ccc3oc(=O)ccc3c21. The standard InChI is InChI=1S/C18H13NO3/c20-15-10-14(11-4-2-1-3-5-11)19-13-7-8-16-12(18(13)15)6-9-17(21)22-16/h1-9,14,19H,10H2. The smallest absolute Gasteiger partial charge is 0.336 e. The number of carbonyl (C=O) groups excluding carboxylic acids is 1. The molecule has 2 aromatic carbocycles. The van der Waals surface area contributed by atoms with Crippen LogP contribution >= 0.6 is 0 Å². The molecular formula is C18H13NO3. The molecule has 3 aromatic rings. The minimum Gasteiger partial charge on any atom is -0.423 e. The first-order chi connectivity index (χ1) is 10.7. The lowest BCUT2D eigenvalue weighted by atomic mass is 9.90. The van der Waals surface area contributed by atoms with Crippen LogP contribution in [0, 0.1) is 0 Å². The molecule has 4 heteroatoms. The van der Waals surface area contributed by atoms with E-state index in [1.165, 1.54) is 6.07 Å². The molecule has 0 saturated heterocycles. The highest BCUT2D eigenvalue weighted by Gasteiger charge is 2.27. The number of carbonyl (C=O) groups is 1. The summed E-state index contributed by atoms with van der Waals surface area (Å²) < 4.78 is 5.15. The van der Waals surface area contributed by atoms with Crippen molar-refractivity contribution in [1.82, 2.24) is 0 Å². The second-order valence-corrected chi connectivity index (χ2v) is 5.39. The maximum absolute atomic E-state index is 12.6. The van der Waals surface area contributed by atoms with Crippen molar-refractivity contribution in [3.63, 3.8) is 0 Å². The zero-order valence-electron chi connectivity index (χ0n) is 11.7. The predicted molar refractivity (Wildman–Crippen MR) is 84.2 cm³/mol. The molecule has 108 valence electrons. The second kappa shape index (κ2) is 4.84. The first-order valence-corrected chi connectivity index (χ1v) is 7.14. The maximum atomic E-state index is 12.6. The van der Waals surface area contributed by atoms with Crippen LogP contribution < -0.4 is 10.9 Å². The highest BCUT2D eigenvalue weighted by Crippen LogP contribution is 2.36. The van der Waals surface area contributed by atoms with E-state index in [4.69, 9.17) is 4.42 Å². The molecule has 0 spiro atoms. The molecule has 1 aliphatic rings. The van der Waals surface area contributed by atoms with Crippen LogP contribution in [0.1, 0.15) is 28.4 Å². The van der Waals surface area contributed by atoms with Crippen molar-refractivity contribution in [1.29, 1.82) is 0 Å². The quantitative estimate of drug-likeness (QED) is 0.697. The Bertz CT molecular complexity index is 928. The average molecular weight is 291 g/mol. The van der Waals surface area contributed by atoms with Gasteiger partial charge in [0.1, 0.15) is 5.58 Å². The van der Waals surface area contributed by atoms with E-state index in [9.17, 15) is 9.59 Å². The summed E-state index contributed by atoms with van der Waals surface area (Å²) in [5.74, 6) is 0.0575. The Morgan fingerprint density at radius 3 is 2.59 bits per heavy atom. The van der Waals surface area contributed by atoms with E-state index in [0.717, 1.165) is 11.3 Å². The first-order valence-electron chi connectivity index (χ1n) is 7.14. The molecule has 4 nitrogen and oxygen atoms in total. The van der Waals surface area contributed by atoms with Crippen molar-refractivity contribution < 1.29 is 9.21 Å². The third kappa shape index (κ3) is 2.00. The van der Waals surface area contributed by atoms with Gasteiger partial charge in [0.15, 0.2) is 5.78 Å².